The van der Waals surface area contributed by atoms with Gasteiger partial charge in [0.25, 0.3) is 0 Å². The average molecular weight is 490 g/mol. The van der Waals surface area contributed by atoms with Crippen molar-refractivity contribution in [3.05, 3.63) is 96.5 Å². The quantitative estimate of drug-likeness (QED) is 0.316. The minimum atomic E-state index is -0.284. The second-order valence-electron chi connectivity index (χ2n) is 7.61. The summed E-state index contributed by atoms with van der Waals surface area (Å²) in [6.07, 6.45) is 1.78. The number of aromatic nitrogens is 1. The molecule has 34 heavy (non-hydrogen) atoms. The summed E-state index contributed by atoms with van der Waals surface area (Å²) in [4.78, 5) is 7.73. The lowest BCUT2D eigenvalue weighted by molar-refractivity contribution is 0.379. The minimum Gasteiger partial charge on any atom is -0.497 e. The lowest BCUT2D eigenvalue weighted by atomic mass is 10.0. The summed E-state index contributed by atoms with van der Waals surface area (Å²) in [7, 11) is 3.28. The number of nitrogens with zero attached hydrogens (tertiary/aromatic N) is 2. The van der Waals surface area contributed by atoms with Gasteiger partial charge >= 0.3 is 0 Å². The second-order valence-corrected chi connectivity index (χ2v) is 9.07. The highest BCUT2D eigenvalue weighted by Crippen LogP contribution is 2.46. The maximum Gasteiger partial charge on any atom is 0.174 e. The number of anilines is 1. The first-order valence-electron chi connectivity index (χ1n) is 10.7. The maximum atomic E-state index is 6.38. The van der Waals surface area contributed by atoms with E-state index in [4.69, 9.17) is 26.1 Å². The van der Waals surface area contributed by atoms with Gasteiger partial charge in [-0.25, -0.2) is 0 Å². The van der Waals surface area contributed by atoms with E-state index in [1.165, 1.54) is 0 Å². The number of benzene rings is 2. The molecule has 0 saturated carbocycles. The van der Waals surface area contributed by atoms with E-state index >= 15 is 0 Å². The molecule has 172 valence electrons. The van der Waals surface area contributed by atoms with Crippen LogP contribution in [0.15, 0.2) is 99.5 Å². The summed E-state index contributed by atoms with van der Waals surface area (Å²) in [5, 5.41) is 4.81. The van der Waals surface area contributed by atoms with Gasteiger partial charge in [0.15, 0.2) is 10.2 Å². The first kappa shape index (κ1) is 22.3. The third-order valence-electron chi connectivity index (χ3n) is 5.60. The van der Waals surface area contributed by atoms with Gasteiger partial charge in [0.2, 0.25) is 0 Å². The fourth-order valence-corrected chi connectivity index (χ4v) is 5.18. The Hall–Kier alpha value is -3.49. The first-order valence-corrected chi connectivity index (χ1v) is 12.0. The van der Waals surface area contributed by atoms with Crippen LogP contribution in [0.1, 0.15) is 23.5 Å². The summed E-state index contributed by atoms with van der Waals surface area (Å²) < 4.78 is 17.5. The zero-order chi connectivity index (χ0) is 23.5. The van der Waals surface area contributed by atoms with Crippen LogP contribution >= 0.6 is 24.0 Å². The van der Waals surface area contributed by atoms with Gasteiger partial charge in [-0.2, -0.15) is 0 Å². The molecule has 1 saturated heterocycles. The Bertz CT molecular complexity index is 1280. The lowest BCUT2D eigenvalue weighted by Gasteiger charge is -2.27. The van der Waals surface area contributed by atoms with Gasteiger partial charge < -0.3 is 24.1 Å². The zero-order valence-electron chi connectivity index (χ0n) is 18.7. The van der Waals surface area contributed by atoms with Crippen molar-refractivity contribution < 1.29 is 13.9 Å². The third kappa shape index (κ3) is 4.34. The van der Waals surface area contributed by atoms with Crippen molar-refractivity contribution in [1.29, 1.82) is 0 Å². The molecule has 5 rings (SSSR count). The molecule has 3 heterocycles. The topological polar surface area (TPSA) is 59.8 Å². The molecule has 1 aliphatic heterocycles. The smallest absolute Gasteiger partial charge is 0.174 e. The van der Waals surface area contributed by atoms with Crippen molar-refractivity contribution in [1.82, 2.24) is 10.3 Å². The van der Waals surface area contributed by atoms with Crippen LogP contribution in [0, 0.1) is 0 Å². The Morgan fingerprint density at radius 2 is 1.79 bits per heavy atom. The van der Waals surface area contributed by atoms with E-state index in [1.807, 2.05) is 71.6 Å². The number of furan rings is 1. The van der Waals surface area contributed by atoms with Gasteiger partial charge in [-0.3, -0.25) is 4.98 Å². The van der Waals surface area contributed by atoms with E-state index in [0.717, 1.165) is 27.1 Å². The molecule has 6 nitrogen and oxygen atoms in total. The highest BCUT2D eigenvalue weighted by atomic mass is 32.2. The van der Waals surface area contributed by atoms with Gasteiger partial charge in [-0.05, 0) is 60.7 Å². The summed E-state index contributed by atoms with van der Waals surface area (Å²) >= 11 is 7.40. The highest BCUT2D eigenvalue weighted by molar-refractivity contribution is 7.99. The van der Waals surface area contributed by atoms with Crippen LogP contribution in [0.2, 0.25) is 0 Å². The van der Waals surface area contributed by atoms with Crippen LogP contribution in [0.4, 0.5) is 5.69 Å². The minimum absolute atomic E-state index is 0.217. The lowest BCUT2D eigenvalue weighted by Crippen LogP contribution is -2.29. The van der Waals surface area contributed by atoms with Crippen LogP contribution in [0.25, 0.3) is 0 Å². The Morgan fingerprint density at radius 1 is 0.971 bits per heavy atom. The molecule has 2 aromatic carbocycles. The largest absolute Gasteiger partial charge is 0.497 e. The van der Waals surface area contributed by atoms with E-state index in [0.29, 0.717) is 16.6 Å². The number of hydrogen-bond acceptors (Lipinski definition) is 6. The Kier molecular flexibility index (Phi) is 6.42. The van der Waals surface area contributed by atoms with Gasteiger partial charge in [-0.1, -0.05) is 36.0 Å². The van der Waals surface area contributed by atoms with Crippen molar-refractivity contribution in [3.8, 4) is 11.5 Å². The molecule has 4 aromatic rings. The molecule has 2 aromatic heterocycles. The normalized spacial score (nSPS) is 17.5. The number of ether oxygens (including phenoxy) is 2. The molecule has 0 aliphatic carbocycles. The number of nitrogens with one attached hydrogen (secondary N) is 1. The Balaban J connectivity index is 1.58. The van der Waals surface area contributed by atoms with Crippen molar-refractivity contribution in [2.24, 2.45) is 0 Å². The molecular weight excluding hydrogens is 466 g/mol. The maximum absolute atomic E-state index is 6.38. The number of pyridine rings is 1. The van der Waals surface area contributed by atoms with Crippen LogP contribution < -0.4 is 19.7 Å². The van der Waals surface area contributed by atoms with Crippen LogP contribution in [-0.4, -0.2) is 24.3 Å². The average Bonchev–Trinajstić information content (AvgIpc) is 3.48. The zero-order valence-corrected chi connectivity index (χ0v) is 20.3. The van der Waals surface area contributed by atoms with Crippen LogP contribution in [0.3, 0.4) is 0 Å². The predicted octanol–water partition coefficient (Wildman–Crippen LogP) is 6.02. The van der Waals surface area contributed by atoms with E-state index in [2.05, 4.69) is 22.4 Å². The SMILES string of the molecule is COc1ccc(OC)c(N2C(=S)N[C@H](c3ccccn3)[C@@H]2c2ccc(Sc3ccccc3)o2)c1. The van der Waals surface area contributed by atoms with Gasteiger partial charge in [0.1, 0.15) is 23.3 Å². The van der Waals surface area contributed by atoms with E-state index in [-0.39, 0.29) is 12.1 Å². The number of rotatable bonds is 7. The molecule has 0 bridgehead atoms. The standard InChI is InChI=1S/C26H23N3O3S2/c1-30-17-11-12-21(31-2)20(16-17)29-25(24(28-26(29)33)19-10-6-7-15-27-19)22-13-14-23(32-22)34-18-8-4-3-5-9-18/h3-16,24-25H,1-2H3,(H,28,33)/t24-,25+/m1/s1. The molecule has 1 fully saturated rings. The Morgan fingerprint density at radius 3 is 2.53 bits per heavy atom. The predicted molar refractivity (Wildman–Crippen MR) is 137 cm³/mol. The van der Waals surface area contributed by atoms with Crippen molar-refractivity contribution in [2.75, 3.05) is 19.1 Å². The second kappa shape index (κ2) is 9.79. The monoisotopic (exact) mass is 489 g/mol. The van der Waals surface area contributed by atoms with E-state index in [1.54, 1.807) is 32.2 Å². The first-order chi connectivity index (χ1) is 16.7. The summed E-state index contributed by atoms with van der Waals surface area (Å²) in [6, 6.07) is 25.2. The van der Waals surface area contributed by atoms with Crippen LogP contribution in [-0.2, 0) is 0 Å². The number of methoxy groups -OCH3 is 2. The highest BCUT2D eigenvalue weighted by Gasteiger charge is 2.43. The van der Waals surface area contributed by atoms with Crippen molar-refractivity contribution in [3.63, 3.8) is 0 Å². The fraction of sp³-hybridized carbons (Fsp3) is 0.154. The molecule has 1 aliphatic rings. The van der Waals surface area contributed by atoms with Gasteiger partial charge in [0.05, 0.1) is 31.6 Å². The van der Waals surface area contributed by atoms with Gasteiger partial charge in [-0.15, -0.1) is 0 Å². The molecular formula is C26H23N3O3S2. The van der Waals surface area contributed by atoms with E-state index in [9.17, 15) is 0 Å². The summed E-state index contributed by atoms with van der Waals surface area (Å²) in [5.41, 5.74) is 1.66. The number of thiocarbonyl (C=S) groups is 1. The summed E-state index contributed by atoms with van der Waals surface area (Å²) in [5.74, 6) is 2.16. The number of hydrogen-bond donors (Lipinski definition) is 1. The van der Waals surface area contributed by atoms with Crippen LogP contribution in [0.5, 0.6) is 11.5 Å². The molecule has 1 N–H and O–H groups in total. The van der Waals surface area contributed by atoms with Crippen molar-refractivity contribution >= 4 is 34.8 Å². The molecule has 0 radical (unpaired) electrons. The third-order valence-corrected chi connectivity index (χ3v) is 6.84. The Labute approximate surface area is 207 Å². The molecule has 8 heteroatoms. The summed E-state index contributed by atoms with van der Waals surface area (Å²) in [6.45, 7) is 0. The van der Waals surface area contributed by atoms with E-state index < -0.39 is 0 Å². The molecule has 0 spiro atoms. The van der Waals surface area contributed by atoms with Crippen molar-refractivity contribution in [2.45, 2.75) is 22.1 Å². The molecule has 2 atom stereocenters. The fourth-order valence-electron chi connectivity index (χ4n) is 4.04. The molecule has 0 unspecified atom stereocenters. The van der Waals surface area contributed by atoms with Gasteiger partial charge in [0, 0.05) is 17.2 Å². The molecule has 0 amide bonds.